The van der Waals surface area contributed by atoms with E-state index >= 15 is 0 Å². The summed E-state index contributed by atoms with van der Waals surface area (Å²) < 4.78 is 0. The van der Waals surface area contributed by atoms with E-state index in [0.717, 1.165) is 13.0 Å². The summed E-state index contributed by atoms with van der Waals surface area (Å²) in [6.07, 6.45) is 3.52. The molecule has 1 N–H and O–H groups in total. The van der Waals surface area contributed by atoms with Crippen molar-refractivity contribution in [3.8, 4) is 0 Å². The van der Waals surface area contributed by atoms with Gasteiger partial charge in [-0.2, -0.15) is 0 Å². The Morgan fingerprint density at radius 2 is 2.14 bits per heavy atom. The lowest BCUT2D eigenvalue weighted by atomic mass is 10.1. The first-order valence-electron chi connectivity index (χ1n) is 5.59. The number of carbonyl (C=O) groups excluding carboxylic acids is 1. The molecule has 0 aliphatic heterocycles. The minimum absolute atomic E-state index is 0.260. The molecule has 0 spiro atoms. The van der Waals surface area contributed by atoms with E-state index in [0.29, 0.717) is 18.5 Å². The number of hydrogen-bond acceptors (Lipinski definition) is 2. The van der Waals surface area contributed by atoms with Gasteiger partial charge in [0.15, 0.2) is 0 Å². The predicted molar refractivity (Wildman–Crippen MR) is 58.1 cm³/mol. The summed E-state index contributed by atoms with van der Waals surface area (Å²) in [4.78, 5) is 13.8. The number of nitrogens with one attached hydrogen (secondary N) is 1. The van der Waals surface area contributed by atoms with Crippen molar-refractivity contribution in [1.82, 2.24) is 10.2 Å². The quantitative estimate of drug-likeness (QED) is 0.696. The molecule has 1 fully saturated rings. The highest BCUT2D eigenvalue weighted by Gasteiger charge is 2.31. The largest absolute Gasteiger partial charge is 0.339 e. The van der Waals surface area contributed by atoms with E-state index in [2.05, 4.69) is 24.1 Å². The zero-order valence-corrected chi connectivity index (χ0v) is 9.55. The standard InChI is InChI=1S/C11H22N2O/c1-9(2)6-7-13(10-4-5-10)11(14)8-12-3/h9-10,12H,4-8H2,1-3H3. The fourth-order valence-corrected chi connectivity index (χ4v) is 1.55. The Balaban J connectivity index is 2.34. The van der Waals surface area contributed by atoms with Crippen LogP contribution in [0.2, 0.25) is 0 Å². The highest BCUT2D eigenvalue weighted by molar-refractivity contribution is 5.78. The van der Waals surface area contributed by atoms with Crippen LogP contribution in [-0.4, -0.2) is 37.0 Å². The van der Waals surface area contributed by atoms with Crippen LogP contribution >= 0.6 is 0 Å². The van der Waals surface area contributed by atoms with Crippen LogP contribution in [0.5, 0.6) is 0 Å². The van der Waals surface area contributed by atoms with Crippen LogP contribution < -0.4 is 5.32 Å². The van der Waals surface area contributed by atoms with Crippen molar-refractivity contribution in [2.45, 2.75) is 39.2 Å². The highest BCUT2D eigenvalue weighted by atomic mass is 16.2. The van der Waals surface area contributed by atoms with Crippen molar-refractivity contribution < 1.29 is 4.79 Å². The van der Waals surface area contributed by atoms with Crippen molar-refractivity contribution in [2.24, 2.45) is 5.92 Å². The van der Waals surface area contributed by atoms with Crippen molar-refractivity contribution in [2.75, 3.05) is 20.1 Å². The molecule has 0 heterocycles. The van der Waals surface area contributed by atoms with Crippen LogP contribution in [0.15, 0.2) is 0 Å². The number of amides is 1. The summed E-state index contributed by atoms with van der Waals surface area (Å²) in [5.74, 6) is 0.939. The molecule has 14 heavy (non-hydrogen) atoms. The Kier molecular flexibility index (Phi) is 4.39. The summed E-state index contributed by atoms with van der Waals surface area (Å²) in [6.45, 7) is 5.82. The summed E-state index contributed by atoms with van der Waals surface area (Å²) >= 11 is 0. The molecule has 0 aromatic rings. The van der Waals surface area contributed by atoms with Crippen LogP contribution in [0.1, 0.15) is 33.1 Å². The maximum Gasteiger partial charge on any atom is 0.236 e. The molecule has 0 unspecified atom stereocenters. The van der Waals surface area contributed by atoms with Crippen LogP contribution in [0, 0.1) is 5.92 Å². The topological polar surface area (TPSA) is 32.3 Å². The van der Waals surface area contributed by atoms with Crippen molar-refractivity contribution in [3.05, 3.63) is 0 Å². The van der Waals surface area contributed by atoms with Gasteiger partial charge >= 0.3 is 0 Å². The van der Waals surface area contributed by atoms with E-state index in [4.69, 9.17) is 0 Å². The van der Waals surface area contributed by atoms with Gasteiger partial charge in [-0.15, -0.1) is 0 Å². The summed E-state index contributed by atoms with van der Waals surface area (Å²) in [6, 6.07) is 0.551. The molecule has 82 valence electrons. The maximum atomic E-state index is 11.7. The third-order valence-electron chi connectivity index (χ3n) is 2.58. The summed E-state index contributed by atoms with van der Waals surface area (Å²) in [5.41, 5.74) is 0. The van der Waals surface area contributed by atoms with Gasteiger partial charge in [0.25, 0.3) is 0 Å². The molecule has 1 aliphatic rings. The first kappa shape index (κ1) is 11.5. The third kappa shape index (κ3) is 3.66. The van der Waals surface area contributed by atoms with E-state index in [9.17, 15) is 4.79 Å². The van der Waals surface area contributed by atoms with E-state index in [1.165, 1.54) is 12.8 Å². The van der Waals surface area contributed by atoms with Gasteiger partial charge in [-0.25, -0.2) is 0 Å². The molecule has 0 saturated heterocycles. The molecule has 0 radical (unpaired) electrons. The normalized spacial score (nSPS) is 16.0. The lowest BCUT2D eigenvalue weighted by molar-refractivity contribution is -0.130. The highest BCUT2D eigenvalue weighted by Crippen LogP contribution is 2.27. The number of nitrogens with zero attached hydrogens (tertiary/aromatic N) is 1. The van der Waals surface area contributed by atoms with Crippen molar-refractivity contribution in [1.29, 1.82) is 0 Å². The van der Waals surface area contributed by atoms with E-state index in [-0.39, 0.29) is 5.91 Å². The van der Waals surface area contributed by atoms with Gasteiger partial charge in [0.05, 0.1) is 6.54 Å². The van der Waals surface area contributed by atoms with Gasteiger partial charge < -0.3 is 10.2 Å². The molecule has 0 aromatic heterocycles. The molecule has 1 saturated carbocycles. The maximum absolute atomic E-state index is 11.7. The molecule has 0 aromatic carbocycles. The van der Waals surface area contributed by atoms with Gasteiger partial charge in [-0.05, 0) is 32.2 Å². The smallest absolute Gasteiger partial charge is 0.236 e. The van der Waals surface area contributed by atoms with E-state index < -0.39 is 0 Å². The van der Waals surface area contributed by atoms with Gasteiger partial charge in [0.2, 0.25) is 5.91 Å². The lowest BCUT2D eigenvalue weighted by Crippen LogP contribution is -2.39. The van der Waals surface area contributed by atoms with Crippen molar-refractivity contribution in [3.63, 3.8) is 0 Å². The number of hydrogen-bond donors (Lipinski definition) is 1. The second kappa shape index (κ2) is 5.35. The Morgan fingerprint density at radius 3 is 2.57 bits per heavy atom. The predicted octanol–water partition coefficient (Wildman–Crippen LogP) is 1.24. The Hall–Kier alpha value is -0.570. The minimum atomic E-state index is 0.260. The van der Waals surface area contributed by atoms with Gasteiger partial charge in [0.1, 0.15) is 0 Å². The molecule has 1 amide bonds. The monoisotopic (exact) mass is 198 g/mol. The van der Waals surface area contributed by atoms with Crippen LogP contribution in [-0.2, 0) is 4.79 Å². The SMILES string of the molecule is CNCC(=O)N(CCC(C)C)C1CC1. The molecule has 3 heteroatoms. The van der Waals surface area contributed by atoms with Gasteiger partial charge in [-0.3, -0.25) is 4.79 Å². The Morgan fingerprint density at radius 1 is 1.50 bits per heavy atom. The third-order valence-corrected chi connectivity index (χ3v) is 2.58. The second-order valence-electron chi connectivity index (χ2n) is 4.53. The Bertz CT molecular complexity index is 188. The van der Waals surface area contributed by atoms with Crippen LogP contribution in [0.4, 0.5) is 0 Å². The van der Waals surface area contributed by atoms with E-state index in [1.807, 2.05) is 7.05 Å². The van der Waals surface area contributed by atoms with Gasteiger partial charge in [0, 0.05) is 12.6 Å². The molecular formula is C11H22N2O. The number of likely N-dealkylation sites (N-methyl/N-ethyl adjacent to an activating group) is 1. The first-order valence-corrected chi connectivity index (χ1v) is 5.59. The minimum Gasteiger partial charge on any atom is -0.339 e. The summed E-state index contributed by atoms with van der Waals surface area (Å²) in [7, 11) is 1.82. The molecule has 0 bridgehead atoms. The molecule has 0 atom stereocenters. The first-order chi connectivity index (χ1) is 6.65. The second-order valence-corrected chi connectivity index (χ2v) is 4.53. The van der Waals surface area contributed by atoms with Gasteiger partial charge in [-0.1, -0.05) is 13.8 Å². The fourth-order valence-electron chi connectivity index (χ4n) is 1.55. The van der Waals surface area contributed by atoms with Crippen molar-refractivity contribution >= 4 is 5.91 Å². The van der Waals surface area contributed by atoms with E-state index in [1.54, 1.807) is 0 Å². The zero-order chi connectivity index (χ0) is 10.6. The fraction of sp³-hybridized carbons (Fsp3) is 0.909. The lowest BCUT2D eigenvalue weighted by Gasteiger charge is -2.23. The average molecular weight is 198 g/mol. The molecule has 3 nitrogen and oxygen atoms in total. The summed E-state index contributed by atoms with van der Waals surface area (Å²) in [5, 5.41) is 2.93. The number of carbonyl (C=O) groups is 1. The van der Waals surface area contributed by atoms with Crippen LogP contribution in [0.25, 0.3) is 0 Å². The average Bonchev–Trinajstić information content (AvgIpc) is 2.88. The zero-order valence-electron chi connectivity index (χ0n) is 9.55. The number of rotatable bonds is 6. The Labute approximate surface area is 86.9 Å². The molecule has 1 rings (SSSR count). The molecule has 1 aliphatic carbocycles. The van der Waals surface area contributed by atoms with Crippen LogP contribution in [0.3, 0.4) is 0 Å². The molecular weight excluding hydrogens is 176 g/mol.